The van der Waals surface area contributed by atoms with Crippen molar-refractivity contribution in [3.05, 3.63) is 0 Å². The van der Waals surface area contributed by atoms with E-state index in [-0.39, 0.29) is 11.1 Å². The molecule has 6 heteroatoms. The lowest BCUT2D eigenvalue weighted by molar-refractivity contribution is 0.218. The zero-order valence-corrected chi connectivity index (χ0v) is 15.7. The van der Waals surface area contributed by atoms with Crippen molar-refractivity contribution in [2.24, 2.45) is 0 Å². The van der Waals surface area contributed by atoms with E-state index in [1.54, 1.807) is 0 Å². The van der Waals surface area contributed by atoms with Crippen molar-refractivity contribution in [2.45, 2.75) is 76.5 Å². The summed E-state index contributed by atoms with van der Waals surface area (Å²) in [5.74, 6) is 12.2. The molecule has 4 atom stereocenters. The van der Waals surface area contributed by atoms with Crippen molar-refractivity contribution in [3.8, 4) is 23.7 Å². The molecule has 0 bridgehead atoms. The molecule has 0 N–H and O–H groups in total. The van der Waals surface area contributed by atoms with Crippen molar-refractivity contribution >= 4 is 19.7 Å². The van der Waals surface area contributed by atoms with Gasteiger partial charge in [-0.2, -0.15) is 4.21 Å². The lowest BCUT2D eigenvalue weighted by Gasteiger charge is -2.38. The molecule has 122 valence electrons. The molecule has 1 saturated heterocycles. The Morgan fingerprint density at radius 1 is 1.14 bits per heavy atom. The van der Waals surface area contributed by atoms with E-state index in [2.05, 4.69) is 57.5 Å². The first-order chi connectivity index (χ1) is 10.2. The number of hydrogen-bond acceptors (Lipinski definition) is 4. The quantitative estimate of drug-likeness (QED) is 0.573. The van der Waals surface area contributed by atoms with E-state index in [0.717, 1.165) is 19.3 Å². The van der Waals surface area contributed by atoms with E-state index >= 15 is 0 Å². The third kappa shape index (κ3) is 4.44. The van der Waals surface area contributed by atoms with Crippen LogP contribution in [0, 0.1) is 23.7 Å². The Hall–Kier alpha value is -0.633. The summed E-state index contributed by atoms with van der Waals surface area (Å²) in [4.78, 5) is 0. The molecule has 0 spiro atoms. The van der Waals surface area contributed by atoms with Crippen LogP contribution in [0.1, 0.15) is 40.0 Å². The van der Waals surface area contributed by atoms with E-state index < -0.39 is 31.9 Å². The first kappa shape index (κ1) is 17.7. The molecular weight excluding hydrogens is 316 g/mol. The van der Waals surface area contributed by atoms with Crippen molar-refractivity contribution in [3.63, 3.8) is 0 Å². The molecule has 1 fully saturated rings. The molecule has 1 heterocycles. The summed E-state index contributed by atoms with van der Waals surface area (Å²) >= 11 is -1.75. The van der Waals surface area contributed by atoms with E-state index in [4.69, 9.17) is 12.8 Å². The van der Waals surface area contributed by atoms with Gasteiger partial charge in [0.1, 0.15) is 6.10 Å². The zero-order chi connectivity index (χ0) is 16.4. The minimum absolute atomic E-state index is 0.126. The largest absolute Gasteiger partial charge is 0.403 e. The third-order valence-electron chi connectivity index (χ3n) is 4.28. The molecule has 2 rings (SSSR count). The summed E-state index contributed by atoms with van der Waals surface area (Å²) in [7, 11) is -1.88. The fraction of sp³-hybridized carbons (Fsp3) is 0.750. The third-order valence-corrected chi connectivity index (χ3v) is 9.50. The van der Waals surface area contributed by atoms with E-state index in [1.807, 2.05) is 0 Å². The highest BCUT2D eigenvalue weighted by Gasteiger charge is 2.39. The molecule has 2 unspecified atom stereocenters. The van der Waals surface area contributed by atoms with Gasteiger partial charge in [0.2, 0.25) is 0 Å². The van der Waals surface area contributed by atoms with Gasteiger partial charge < -0.3 is 4.43 Å². The molecule has 1 aliphatic carbocycles. The van der Waals surface area contributed by atoms with Crippen LogP contribution in [-0.2, 0) is 24.2 Å². The summed E-state index contributed by atoms with van der Waals surface area (Å²) in [6.45, 7) is 11.1. The second kappa shape index (κ2) is 6.86. The van der Waals surface area contributed by atoms with Crippen molar-refractivity contribution in [2.75, 3.05) is 0 Å². The van der Waals surface area contributed by atoms with Crippen LogP contribution in [-0.4, -0.2) is 30.8 Å². The highest BCUT2D eigenvalue weighted by molar-refractivity contribution is 7.75. The maximum atomic E-state index is 11.4. The maximum Gasteiger partial charge on any atom is 0.307 e. The number of fused-ring (bicyclic) bond motifs is 1. The average molecular weight is 341 g/mol. The fourth-order valence-electron chi connectivity index (χ4n) is 1.91. The lowest BCUT2D eigenvalue weighted by atomic mass is 10.1. The molecule has 4 nitrogen and oxygen atoms in total. The molecule has 0 radical (unpaired) electrons. The van der Waals surface area contributed by atoms with Gasteiger partial charge in [-0.25, -0.2) is 8.37 Å². The van der Waals surface area contributed by atoms with Crippen LogP contribution in [0.15, 0.2) is 0 Å². The first-order valence-electron chi connectivity index (χ1n) is 7.62. The number of hydrogen-bond donors (Lipinski definition) is 0. The second-order valence-corrected chi connectivity index (χ2v) is 12.7. The normalized spacial score (nSPS) is 32.2. The first-order valence-corrected chi connectivity index (χ1v) is 11.5. The van der Waals surface area contributed by atoms with Crippen LogP contribution in [0.3, 0.4) is 0 Å². The molecule has 0 amide bonds. The molecule has 0 saturated carbocycles. The van der Waals surface area contributed by atoms with Gasteiger partial charge in [0.25, 0.3) is 0 Å². The molecule has 22 heavy (non-hydrogen) atoms. The highest BCUT2D eigenvalue weighted by atomic mass is 32.2. The van der Waals surface area contributed by atoms with Crippen LogP contribution in [0.4, 0.5) is 0 Å². The highest BCUT2D eigenvalue weighted by Crippen LogP contribution is 2.37. The summed E-state index contributed by atoms with van der Waals surface area (Å²) in [6.07, 6.45) is 1.34. The average Bonchev–Trinajstić information content (AvgIpc) is 2.74. The standard InChI is InChI=1S/C16H24O4SSi/c1-16(2,3)22(4,5)20-13-9-7-6-8-10-14-15(12-11-13)19-21(17)18-14/h13-15H,6-7,9H2,1-5H3/t13?,14-,15+,21?/m0/s1. The maximum absolute atomic E-state index is 11.4. The Kier molecular flexibility index (Phi) is 5.53. The van der Waals surface area contributed by atoms with E-state index in [0.29, 0.717) is 0 Å². The van der Waals surface area contributed by atoms with Crippen molar-refractivity contribution in [1.29, 1.82) is 0 Å². The molecule has 0 aromatic rings. The summed E-state index contributed by atoms with van der Waals surface area (Å²) < 4.78 is 28.1. The van der Waals surface area contributed by atoms with Gasteiger partial charge >= 0.3 is 11.4 Å². The SMILES string of the molecule is CC(C)(C)[Si](C)(C)OC1C#C[C@H]2OS(=O)O[C@H]2C#CCCC1. The Bertz CT molecular complexity index is 559. The summed E-state index contributed by atoms with van der Waals surface area (Å²) in [5.41, 5.74) is 0. The van der Waals surface area contributed by atoms with Crippen molar-refractivity contribution in [1.82, 2.24) is 0 Å². The smallest absolute Gasteiger partial charge is 0.307 e. The van der Waals surface area contributed by atoms with Gasteiger partial charge in [-0.15, -0.1) is 5.92 Å². The molecular formula is C16H24O4SSi. The molecule has 0 aromatic heterocycles. The van der Waals surface area contributed by atoms with Crippen LogP contribution in [0.2, 0.25) is 18.1 Å². The summed E-state index contributed by atoms with van der Waals surface area (Å²) in [6, 6.07) is 0. The predicted octanol–water partition coefficient (Wildman–Crippen LogP) is 2.93. The van der Waals surface area contributed by atoms with E-state index in [1.165, 1.54) is 0 Å². The van der Waals surface area contributed by atoms with Crippen LogP contribution < -0.4 is 0 Å². The van der Waals surface area contributed by atoms with Gasteiger partial charge in [0.15, 0.2) is 20.5 Å². The van der Waals surface area contributed by atoms with Gasteiger partial charge in [-0.3, -0.25) is 0 Å². The molecule has 0 aromatic carbocycles. The number of rotatable bonds is 2. The molecule has 2 aliphatic rings. The second-order valence-electron chi connectivity index (χ2n) is 7.11. The van der Waals surface area contributed by atoms with Crippen LogP contribution in [0.5, 0.6) is 0 Å². The molecule has 1 aliphatic heterocycles. The Balaban J connectivity index is 2.15. The van der Waals surface area contributed by atoms with Gasteiger partial charge in [0, 0.05) is 6.42 Å². The van der Waals surface area contributed by atoms with Crippen molar-refractivity contribution < 1.29 is 17.0 Å². The Labute approximate surface area is 137 Å². The Morgan fingerprint density at radius 3 is 2.41 bits per heavy atom. The monoisotopic (exact) mass is 340 g/mol. The van der Waals surface area contributed by atoms with Gasteiger partial charge in [-0.05, 0) is 31.0 Å². The summed E-state index contributed by atoms with van der Waals surface area (Å²) in [5, 5.41) is 0.140. The van der Waals surface area contributed by atoms with Crippen LogP contribution >= 0.6 is 0 Å². The minimum Gasteiger partial charge on any atom is -0.403 e. The van der Waals surface area contributed by atoms with Crippen LogP contribution in [0.25, 0.3) is 0 Å². The lowest BCUT2D eigenvalue weighted by Crippen LogP contribution is -2.43. The topological polar surface area (TPSA) is 44.8 Å². The minimum atomic E-state index is -1.88. The fourth-order valence-corrected chi connectivity index (χ4v) is 3.83. The van der Waals surface area contributed by atoms with Gasteiger partial charge in [0.05, 0.1) is 0 Å². The van der Waals surface area contributed by atoms with Gasteiger partial charge in [-0.1, -0.05) is 38.5 Å². The van der Waals surface area contributed by atoms with E-state index in [9.17, 15) is 4.21 Å². The predicted molar refractivity (Wildman–Crippen MR) is 89.4 cm³/mol. The zero-order valence-electron chi connectivity index (χ0n) is 13.9. The Morgan fingerprint density at radius 2 is 1.77 bits per heavy atom.